The number of nitrogen functional groups attached to an aromatic ring is 1. The molecule has 4 N–H and O–H groups in total. The van der Waals surface area contributed by atoms with Crippen LogP contribution < -0.4 is 11.6 Å². The van der Waals surface area contributed by atoms with Crippen LogP contribution in [0.3, 0.4) is 0 Å². The van der Waals surface area contributed by atoms with Crippen molar-refractivity contribution in [1.82, 2.24) is 5.01 Å². The highest BCUT2D eigenvalue weighted by molar-refractivity contribution is 5.35. The van der Waals surface area contributed by atoms with Crippen molar-refractivity contribution in [3.63, 3.8) is 0 Å². The van der Waals surface area contributed by atoms with Crippen LogP contribution in [0.4, 0.5) is 5.69 Å². The maximum Gasteiger partial charge on any atom is 0.0313 e. The van der Waals surface area contributed by atoms with Crippen LogP contribution in [0.1, 0.15) is 19.3 Å². The summed E-state index contributed by atoms with van der Waals surface area (Å²) in [7, 11) is 0. The molecule has 1 aliphatic rings. The number of nitrogens with two attached hydrogens (primary N) is 2. The van der Waals surface area contributed by atoms with Gasteiger partial charge in [-0.15, -0.1) is 0 Å². The van der Waals surface area contributed by atoms with E-state index in [0.29, 0.717) is 0 Å². The van der Waals surface area contributed by atoms with Crippen LogP contribution in [-0.2, 0) is 0 Å². The Morgan fingerprint density at radius 1 is 0.929 bits per heavy atom. The minimum Gasteiger partial charge on any atom is -0.399 e. The first kappa shape index (κ1) is 11.0. The number of hydrogen-bond acceptors (Lipinski definition) is 3. The van der Waals surface area contributed by atoms with Crippen LogP contribution in [0, 0.1) is 0 Å². The number of hydrazine groups is 1. The Hall–Kier alpha value is -1.06. The van der Waals surface area contributed by atoms with E-state index in [9.17, 15) is 0 Å². The third-order valence-corrected chi connectivity index (χ3v) is 2.19. The van der Waals surface area contributed by atoms with Gasteiger partial charge in [0.25, 0.3) is 0 Å². The van der Waals surface area contributed by atoms with Crippen LogP contribution in [0.2, 0.25) is 0 Å². The van der Waals surface area contributed by atoms with Gasteiger partial charge in [-0.25, -0.2) is 5.01 Å². The van der Waals surface area contributed by atoms with Gasteiger partial charge in [0.1, 0.15) is 0 Å². The van der Waals surface area contributed by atoms with Crippen LogP contribution in [0.25, 0.3) is 0 Å². The molecule has 14 heavy (non-hydrogen) atoms. The van der Waals surface area contributed by atoms with Crippen molar-refractivity contribution >= 4 is 5.69 Å². The number of anilines is 1. The summed E-state index contributed by atoms with van der Waals surface area (Å²) in [6.07, 6.45) is 3.95. The number of nitrogens with zero attached hydrogens (tertiary/aromatic N) is 1. The number of hydrogen-bond donors (Lipinski definition) is 2. The molecule has 1 aliphatic heterocycles. The first-order valence-electron chi connectivity index (χ1n) is 5.09. The molecule has 0 unspecified atom stereocenters. The molecular weight excluding hydrogens is 174 g/mol. The van der Waals surface area contributed by atoms with E-state index < -0.39 is 0 Å². The second kappa shape index (κ2) is 6.40. The Labute approximate surface area is 85.7 Å². The topological polar surface area (TPSA) is 55.3 Å². The predicted molar refractivity (Wildman–Crippen MR) is 60.5 cm³/mol. The van der Waals surface area contributed by atoms with E-state index in [1.807, 2.05) is 35.3 Å². The van der Waals surface area contributed by atoms with Crippen LogP contribution in [0.5, 0.6) is 0 Å². The molecule has 78 valence electrons. The summed E-state index contributed by atoms with van der Waals surface area (Å²) in [5.74, 6) is 5.47. The van der Waals surface area contributed by atoms with Gasteiger partial charge in [-0.05, 0) is 25.0 Å². The van der Waals surface area contributed by atoms with Gasteiger partial charge in [-0.2, -0.15) is 0 Å². The lowest BCUT2D eigenvalue weighted by Crippen LogP contribution is -2.35. The molecular formula is C11H19N3. The van der Waals surface area contributed by atoms with Crippen molar-refractivity contribution in [3.8, 4) is 0 Å². The molecule has 3 heteroatoms. The summed E-state index contributed by atoms with van der Waals surface area (Å²) in [4.78, 5) is 0. The average Bonchev–Trinajstić information content (AvgIpc) is 2.21. The molecule has 0 spiro atoms. The molecule has 0 radical (unpaired) electrons. The van der Waals surface area contributed by atoms with Gasteiger partial charge in [0.2, 0.25) is 0 Å². The van der Waals surface area contributed by atoms with E-state index in [0.717, 1.165) is 18.8 Å². The van der Waals surface area contributed by atoms with Crippen LogP contribution in [-0.4, -0.2) is 18.1 Å². The lowest BCUT2D eigenvalue weighted by atomic mass is 10.2. The van der Waals surface area contributed by atoms with Crippen molar-refractivity contribution in [2.75, 3.05) is 18.8 Å². The van der Waals surface area contributed by atoms with Crippen molar-refractivity contribution < 1.29 is 0 Å². The summed E-state index contributed by atoms with van der Waals surface area (Å²) in [6, 6.07) is 9.49. The first-order valence-corrected chi connectivity index (χ1v) is 5.09. The molecule has 0 atom stereocenters. The standard InChI is InChI=1S/C6H7N.C5H12N2/c7-6-4-2-1-3-5-6;6-7-4-2-1-3-5-7/h1-5H,7H2;1-6H2. The van der Waals surface area contributed by atoms with E-state index >= 15 is 0 Å². The molecule has 1 aromatic rings. The largest absolute Gasteiger partial charge is 0.399 e. The molecule has 0 amide bonds. The summed E-state index contributed by atoms with van der Waals surface area (Å²) in [6.45, 7) is 2.19. The average molecular weight is 193 g/mol. The Bertz CT molecular complexity index is 230. The lowest BCUT2D eigenvalue weighted by Gasteiger charge is -2.20. The highest BCUT2D eigenvalue weighted by Crippen LogP contribution is 2.03. The van der Waals surface area contributed by atoms with Gasteiger partial charge in [0.15, 0.2) is 0 Å². The van der Waals surface area contributed by atoms with E-state index in [1.54, 1.807) is 0 Å². The quantitative estimate of drug-likeness (QED) is 0.486. The Balaban J connectivity index is 0.000000140. The second-order valence-corrected chi connectivity index (χ2v) is 3.51. The molecule has 2 rings (SSSR count). The Kier molecular flexibility index (Phi) is 5.04. The third kappa shape index (κ3) is 4.84. The van der Waals surface area contributed by atoms with E-state index in [4.69, 9.17) is 11.6 Å². The Morgan fingerprint density at radius 2 is 1.50 bits per heavy atom. The van der Waals surface area contributed by atoms with Crippen molar-refractivity contribution in [2.45, 2.75) is 19.3 Å². The number of benzene rings is 1. The van der Waals surface area contributed by atoms with Gasteiger partial charge < -0.3 is 5.73 Å². The predicted octanol–water partition coefficient (Wildman–Crippen LogP) is 1.61. The molecule has 1 heterocycles. The monoisotopic (exact) mass is 193 g/mol. The van der Waals surface area contributed by atoms with E-state index in [2.05, 4.69) is 0 Å². The number of para-hydroxylation sites is 1. The normalized spacial score (nSPS) is 16.9. The smallest absolute Gasteiger partial charge is 0.0313 e. The minimum absolute atomic E-state index is 0.822. The molecule has 0 bridgehead atoms. The van der Waals surface area contributed by atoms with E-state index in [-0.39, 0.29) is 0 Å². The van der Waals surface area contributed by atoms with Crippen molar-refractivity contribution in [2.24, 2.45) is 5.84 Å². The highest BCUT2D eigenvalue weighted by atomic mass is 15.4. The van der Waals surface area contributed by atoms with Gasteiger partial charge in [0, 0.05) is 18.8 Å². The molecule has 0 saturated carbocycles. The zero-order chi connectivity index (χ0) is 10.2. The SMILES string of the molecule is NN1CCCCC1.Nc1ccccc1. The minimum atomic E-state index is 0.822. The Morgan fingerprint density at radius 3 is 1.79 bits per heavy atom. The van der Waals surface area contributed by atoms with Gasteiger partial charge in [0.05, 0.1) is 0 Å². The molecule has 1 aromatic carbocycles. The maximum atomic E-state index is 5.47. The van der Waals surface area contributed by atoms with Crippen LogP contribution in [0.15, 0.2) is 30.3 Å². The maximum absolute atomic E-state index is 5.47. The highest BCUT2D eigenvalue weighted by Gasteiger charge is 2.02. The third-order valence-electron chi connectivity index (χ3n) is 2.19. The fourth-order valence-electron chi connectivity index (χ4n) is 1.37. The zero-order valence-electron chi connectivity index (χ0n) is 8.52. The summed E-state index contributed by atoms with van der Waals surface area (Å²) in [5.41, 5.74) is 6.18. The van der Waals surface area contributed by atoms with Gasteiger partial charge in [-0.3, -0.25) is 5.84 Å². The zero-order valence-corrected chi connectivity index (χ0v) is 8.52. The number of piperidine rings is 1. The van der Waals surface area contributed by atoms with E-state index in [1.165, 1.54) is 19.3 Å². The van der Waals surface area contributed by atoms with Gasteiger partial charge >= 0.3 is 0 Å². The summed E-state index contributed by atoms with van der Waals surface area (Å²) >= 11 is 0. The first-order chi connectivity index (χ1) is 6.79. The molecule has 1 fully saturated rings. The fourth-order valence-corrected chi connectivity index (χ4v) is 1.37. The number of rotatable bonds is 0. The molecule has 0 aromatic heterocycles. The summed E-state index contributed by atoms with van der Waals surface area (Å²) < 4.78 is 0. The lowest BCUT2D eigenvalue weighted by molar-refractivity contribution is 0.235. The van der Waals surface area contributed by atoms with Crippen LogP contribution >= 0.6 is 0 Å². The molecule has 1 saturated heterocycles. The summed E-state index contributed by atoms with van der Waals surface area (Å²) in [5, 5.41) is 1.89. The van der Waals surface area contributed by atoms with Crippen molar-refractivity contribution in [3.05, 3.63) is 30.3 Å². The molecule has 3 nitrogen and oxygen atoms in total. The van der Waals surface area contributed by atoms with Gasteiger partial charge in [-0.1, -0.05) is 24.6 Å². The second-order valence-electron chi connectivity index (χ2n) is 3.51. The fraction of sp³-hybridized carbons (Fsp3) is 0.455. The van der Waals surface area contributed by atoms with Crippen molar-refractivity contribution in [1.29, 1.82) is 0 Å². The molecule has 0 aliphatic carbocycles.